The fourth-order valence-corrected chi connectivity index (χ4v) is 4.35. The number of methoxy groups -OCH3 is 1. The Morgan fingerprint density at radius 3 is 2.47 bits per heavy atom. The minimum Gasteiger partial charge on any atom is -0.497 e. The van der Waals surface area contributed by atoms with Crippen molar-refractivity contribution in [2.24, 2.45) is 5.92 Å². The van der Waals surface area contributed by atoms with Gasteiger partial charge in [0.25, 0.3) is 5.56 Å². The molecule has 0 saturated carbocycles. The van der Waals surface area contributed by atoms with Crippen molar-refractivity contribution in [3.63, 3.8) is 0 Å². The smallest absolute Gasteiger partial charge is 0.324 e. The maximum atomic E-state index is 12.7. The number of esters is 1. The van der Waals surface area contributed by atoms with E-state index in [0.717, 1.165) is 5.56 Å². The topological polar surface area (TPSA) is 116 Å². The van der Waals surface area contributed by atoms with E-state index in [2.05, 4.69) is 9.71 Å². The van der Waals surface area contributed by atoms with Crippen LogP contribution in [0, 0.1) is 12.8 Å². The number of fused-ring (bicyclic) bond motifs is 1. The molecule has 1 atom stereocenters. The first-order chi connectivity index (χ1) is 15.1. The summed E-state index contributed by atoms with van der Waals surface area (Å²) in [5, 5.41) is 0. The van der Waals surface area contributed by atoms with Gasteiger partial charge in [-0.2, -0.15) is 4.72 Å². The molecule has 0 aliphatic carbocycles. The molecule has 0 amide bonds. The summed E-state index contributed by atoms with van der Waals surface area (Å²) in [6.45, 7) is 5.00. The average molecular weight is 460 g/mol. The van der Waals surface area contributed by atoms with Crippen LogP contribution in [0.2, 0.25) is 0 Å². The monoisotopic (exact) mass is 459 g/mol. The Hall–Kier alpha value is -3.24. The van der Waals surface area contributed by atoms with Gasteiger partial charge in [0.2, 0.25) is 10.0 Å². The molecular weight excluding hydrogens is 434 g/mol. The number of benzene rings is 1. The van der Waals surface area contributed by atoms with Crippen LogP contribution in [0.25, 0.3) is 5.65 Å². The summed E-state index contributed by atoms with van der Waals surface area (Å²) in [6, 6.07) is 9.49. The van der Waals surface area contributed by atoms with Gasteiger partial charge < -0.3 is 9.47 Å². The minimum absolute atomic E-state index is 0.00346. The first kappa shape index (κ1) is 23.4. The van der Waals surface area contributed by atoms with Crippen LogP contribution in [0.15, 0.2) is 58.4 Å². The Labute approximate surface area is 186 Å². The number of pyridine rings is 1. The van der Waals surface area contributed by atoms with Gasteiger partial charge in [-0.25, -0.2) is 13.4 Å². The highest BCUT2D eigenvalue weighted by Gasteiger charge is 2.30. The van der Waals surface area contributed by atoms with Crippen molar-refractivity contribution in [3.8, 4) is 5.75 Å². The Balaban J connectivity index is 1.74. The van der Waals surface area contributed by atoms with Crippen molar-refractivity contribution in [2.45, 2.75) is 38.3 Å². The molecule has 0 spiro atoms. The lowest BCUT2D eigenvalue weighted by Gasteiger charge is -2.21. The van der Waals surface area contributed by atoms with Crippen molar-refractivity contribution in [1.29, 1.82) is 0 Å². The number of rotatable bonds is 8. The fourth-order valence-electron chi connectivity index (χ4n) is 3.01. The van der Waals surface area contributed by atoms with Crippen LogP contribution >= 0.6 is 0 Å². The van der Waals surface area contributed by atoms with Crippen LogP contribution in [-0.2, 0) is 26.2 Å². The molecule has 0 aliphatic rings. The van der Waals surface area contributed by atoms with Crippen LogP contribution in [0.1, 0.15) is 25.1 Å². The lowest BCUT2D eigenvalue weighted by molar-refractivity contribution is -0.148. The molecule has 0 bridgehead atoms. The Bertz CT molecular complexity index is 1280. The van der Waals surface area contributed by atoms with Crippen molar-refractivity contribution >= 4 is 21.6 Å². The van der Waals surface area contributed by atoms with Gasteiger partial charge in [0, 0.05) is 12.3 Å². The van der Waals surface area contributed by atoms with E-state index >= 15 is 0 Å². The third kappa shape index (κ3) is 5.32. The van der Waals surface area contributed by atoms with Crippen LogP contribution in [-0.4, -0.2) is 36.9 Å². The second-order valence-corrected chi connectivity index (χ2v) is 9.36. The number of aromatic nitrogens is 2. The van der Waals surface area contributed by atoms with Gasteiger partial charge in [0.1, 0.15) is 24.0 Å². The summed E-state index contributed by atoms with van der Waals surface area (Å²) in [6.07, 6.45) is 1.67. The Morgan fingerprint density at radius 2 is 1.84 bits per heavy atom. The number of carbonyl (C=O) groups is 1. The van der Waals surface area contributed by atoms with E-state index in [4.69, 9.17) is 9.47 Å². The van der Waals surface area contributed by atoms with E-state index in [0.29, 0.717) is 11.4 Å². The van der Waals surface area contributed by atoms with Crippen molar-refractivity contribution < 1.29 is 22.7 Å². The maximum absolute atomic E-state index is 12.7. The van der Waals surface area contributed by atoms with Gasteiger partial charge in [0.05, 0.1) is 17.7 Å². The van der Waals surface area contributed by atoms with Gasteiger partial charge in [-0.05, 0) is 48.7 Å². The van der Waals surface area contributed by atoms with Crippen molar-refractivity contribution in [1.82, 2.24) is 14.1 Å². The highest BCUT2D eigenvalue weighted by atomic mass is 32.2. The van der Waals surface area contributed by atoms with Gasteiger partial charge in [-0.1, -0.05) is 19.9 Å². The summed E-state index contributed by atoms with van der Waals surface area (Å²) in [5.74, 6) is -0.630. The maximum Gasteiger partial charge on any atom is 0.324 e. The van der Waals surface area contributed by atoms with Gasteiger partial charge in [-0.3, -0.25) is 14.0 Å². The van der Waals surface area contributed by atoms with Gasteiger partial charge in [0.15, 0.2) is 0 Å². The van der Waals surface area contributed by atoms with E-state index < -0.39 is 22.0 Å². The predicted octanol–water partition coefficient (Wildman–Crippen LogP) is 2.06. The molecule has 2 aromatic heterocycles. The Morgan fingerprint density at radius 1 is 1.16 bits per heavy atom. The number of hydrogen-bond acceptors (Lipinski definition) is 7. The summed E-state index contributed by atoms with van der Waals surface area (Å²) in [4.78, 5) is 29.3. The average Bonchev–Trinajstić information content (AvgIpc) is 2.76. The van der Waals surface area contributed by atoms with Crippen LogP contribution in [0.4, 0.5) is 0 Å². The molecule has 0 saturated heterocycles. The van der Waals surface area contributed by atoms with E-state index in [1.165, 1.54) is 41.8 Å². The summed E-state index contributed by atoms with van der Waals surface area (Å²) < 4.78 is 39.6. The highest BCUT2D eigenvalue weighted by Crippen LogP contribution is 2.17. The van der Waals surface area contributed by atoms with E-state index in [-0.39, 0.29) is 28.7 Å². The van der Waals surface area contributed by atoms with Crippen LogP contribution in [0.3, 0.4) is 0 Å². The molecule has 1 N–H and O–H groups in total. The van der Waals surface area contributed by atoms with Gasteiger partial charge >= 0.3 is 5.97 Å². The molecule has 0 aliphatic heterocycles. The molecule has 1 aromatic carbocycles. The number of nitrogens with one attached hydrogen (secondary N) is 1. The second-order valence-electron chi connectivity index (χ2n) is 7.65. The molecule has 0 radical (unpaired) electrons. The summed E-state index contributed by atoms with van der Waals surface area (Å²) in [5.41, 5.74) is 1.30. The molecule has 170 valence electrons. The third-order valence-electron chi connectivity index (χ3n) is 4.80. The molecular formula is C22H25N3O6S. The summed E-state index contributed by atoms with van der Waals surface area (Å²) in [7, 11) is -2.49. The first-order valence-corrected chi connectivity index (χ1v) is 11.4. The Kier molecular flexibility index (Phi) is 6.95. The van der Waals surface area contributed by atoms with Crippen LogP contribution < -0.4 is 15.0 Å². The van der Waals surface area contributed by atoms with Gasteiger partial charge in [-0.15, -0.1) is 0 Å². The molecule has 0 unspecified atom stereocenters. The number of nitrogens with zero attached hydrogens (tertiary/aromatic N) is 2. The third-order valence-corrected chi connectivity index (χ3v) is 6.25. The lowest BCUT2D eigenvalue weighted by Crippen LogP contribution is -2.45. The molecule has 2 heterocycles. The van der Waals surface area contributed by atoms with E-state index in [1.54, 1.807) is 26.1 Å². The number of aryl methyl sites for hydroxylation is 1. The largest absolute Gasteiger partial charge is 0.497 e. The SMILES string of the molecule is COc1ccc(S(=O)(=O)N[C@H](C(=O)OCc2cc(=O)n3cc(C)ccc3n2)C(C)C)cc1. The van der Waals surface area contributed by atoms with Crippen molar-refractivity contribution in [3.05, 3.63) is 70.3 Å². The first-order valence-electron chi connectivity index (χ1n) is 9.92. The quantitative estimate of drug-likeness (QED) is 0.513. The molecule has 32 heavy (non-hydrogen) atoms. The highest BCUT2D eigenvalue weighted by molar-refractivity contribution is 7.89. The molecule has 10 heteroatoms. The fraction of sp³-hybridized carbons (Fsp3) is 0.318. The minimum atomic E-state index is -3.97. The van der Waals surface area contributed by atoms with E-state index in [9.17, 15) is 18.0 Å². The number of sulfonamides is 1. The molecule has 9 nitrogen and oxygen atoms in total. The standard InChI is InChI=1S/C22H25N3O6S/c1-14(2)21(24-32(28,29)18-8-6-17(30-4)7-9-18)22(27)31-13-16-11-20(26)25-12-15(3)5-10-19(25)23-16/h5-12,14,21,24H,13H2,1-4H3/t21-/m0/s1. The summed E-state index contributed by atoms with van der Waals surface area (Å²) >= 11 is 0. The second kappa shape index (κ2) is 9.49. The predicted molar refractivity (Wildman–Crippen MR) is 118 cm³/mol. The number of hydrogen-bond donors (Lipinski definition) is 1. The normalized spacial score (nSPS) is 12.7. The zero-order valence-electron chi connectivity index (χ0n) is 18.2. The molecule has 0 fully saturated rings. The van der Waals surface area contributed by atoms with Crippen LogP contribution in [0.5, 0.6) is 5.75 Å². The zero-order chi connectivity index (χ0) is 23.5. The molecule has 3 aromatic rings. The number of ether oxygens (including phenoxy) is 2. The zero-order valence-corrected chi connectivity index (χ0v) is 19.0. The van der Waals surface area contributed by atoms with E-state index in [1.807, 2.05) is 13.0 Å². The lowest BCUT2D eigenvalue weighted by atomic mass is 10.1. The molecule has 3 rings (SSSR count). The number of carbonyl (C=O) groups excluding carboxylic acids is 1. The van der Waals surface area contributed by atoms with Crippen molar-refractivity contribution in [2.75, 3.05) is 7.11 Å².